The second-order valence-corrected chi connectivity index (χ2v) is 6.34. The molecule has 2 N–H and O–H groups in total. The SMILES string of the molecule is CC(=O)[N+]1(C)C(c2ccc(-c3ccccc3)cc2)=CSC1=NN. The maximum Gasteiger partial charge on any atom is 0.322 e. The molecule has 2 aromatic carbocycles. The molecule has 0 radical (unpaired) electrons. The summed E-state index contributed by atoms with van der Waals surface area (Å²) in [6, 6.07) is 18.4. The Balaban J connectivity index is 1.98. The van der Waals surface area contributed by atoms with E-state index in [-0.39, 0.29) is 10.4 Å². The highest BCUT2D eigenvalue weighted by atomic mass is 32.2. The number of thioether (sulfide) groups is 1. The number of hydrogen-bond acceptors (Lipinski definition) is 4. The topological polar surface area (TPSA) is 55.5 Å². The summed E-state index contributed by atoms with van der Waals surface area (Å²) in [6.45, 7) is 1.56. The van der Waals surface area contributed by atoms with E-state index in [4.69, 9.17) is 5.84 Å². The third-order valence-electron chi connectivity index (χ3n) is 4.17. The van der Waals surface area contributed by atoms with Crippen LogP contribution in [0.1, 0.15) is 12.5 Å². The van der Waals surface area contributed by atoms with Gasteiger partial charge in [0.2, 0.25) is 0 Å². The molecule has 0 saturated heterocycles. The summed E-state index contributed by atoms with van der Waals surface area (Å²) in [5.74, 6) is 5.44. The molecule has 0 saturated carbocycles. The van der Waals surface area contributed by atoms with Crippen molar-refractivity contribution in [1.82, 2.24) is 0 Å². The van der Waals surface area contributed by atoms with Gasteiger partial charge >= 0.3 is 5.91 Å². The average molecular weight is 324 g/mol. The third kappa shape index (κ3) is 2.58. The van der Waals surface area contributed by atoms with Gasteiger partial charge in [0.15, 0.2) is 5.70 Å². The average Bonchev–Trinajstić information content (AvgIpc) is 2.94. The number of amidine groups is 1. The number of carbonyl (C=O) groups excluding carboxylic acids is 1. The first-order chi connectivity index (χ1) is 11.1. The number of nitrogens with zero attached hydrogens (tertiary/aromatic N) is 2. The standard InChI is InChI=1S/C18H18N3OS/c1-13(22)21(2)17(12-23-18(21)20-19)16-10-8-15(9-11-16)14-6-4-3-5-7-14/h3-12H,19H2,1-2H3/q+1. The number of hydrazone groups is 1. The highest BCUT2D eigenvalue weighted by molar-refractivity contribution is 8.16. The van der Waals surface area contributed by atoms with Crippen LogP contribution in [0.2, 0.25) is 0 Å². The van der Waals surface area contributed by atoms with Crippen LogP contribution in [0.25, 0.3) is 16.8 Å². The van der Waals surface area contributed by atoms with Crippen molar-refractivity contribution in [3.63, 3.8) is 0 Å². The van der Waals surface area contributed by atoms with Crippen molar-refractivity contribution >= 4 is 28.5 Å². The molecular formula is C18H18N3OS+. The van der Waals surface area contributed by atoms with Crippen molar-refractivity contribution in [2.45, 2.75) is 6.92 Å². The molecule has 0 fully saturated rings. The first-order valence-electron chi connectivity index (χ1n) is 7.26. The van der Waals surface area contributed by atoms with E-state index < -0.39 is 0 Å². The van der Waals surface area contributed by atoms with Gasteiger partial charge < -0.3 is 5.84 Å². The summed E-state index contributed by atoms with van der Waals surface area (Å²) in [5.41, 5.74) is 4.20. The highest BCUT2D eigenvalue weighted by Gasteiger charge is 2.45. The van der Waals surface area contributed by atoms with Crippen LogP contribution >= 0.6 is 11.8 Å². The zero-order valence-corrected chi connectivity index (χ0v) is 13.9. The number of benzene rings is 2. The molecule has 1 aliphatic rings. The fourth-order valence-electron chi connectivity index (χ4n) is 2.66. The second-order valence-electron chi connectivity index (χ2n) is 5.50. The minimum absolute atomic E-state index is 0.00580. The molecule has 4 nitrogen and oxygen atoms in total. The fraction of sp³-hybridized carbons (Fsp3) is 0.111. The fourth-order valence-corrected chi connectivity index (χ4v) is 3.73. The minimum Gasteiger partial charge on any atom is -0.317 e. The monoisotopic (exact) mass is 324 g/mol. The smallest absolute Gasteiger partial charge is 0.317 e. The number of quaternary nitrogens is 1. The molecular weight excluding hydrogens is 306 g/mol. The van der Waals surface area contributed by atoms with Gasteiger partial charge in [-0.15, -0.1) is 5.10 Å². The van der Waals surface area contributed by atoms with Crippen LogP contribution in [0.3, 0.4) is 0 Å². The summed E-state index contributed by atoms with van der Waals surface area (Å²) in [5, 5.41) is 6.31. The molecule has 1 unspecified atom stereocenters. The largest absolute Gasteiger partial charge is 0.322 e. The van der Waals surface area contributed by atoms with Crippen molar-refractivity contribution in [2.75, 3.05) is 7.05 Å². The Labute approximate surface area is 139 Å². The molecule has 0 bridgehead atoms. The molecule has 116 valence electrons. The van der Waals surface area contributed by atoms with Crippen LogP contribution < -0.4 is 5.84 Å². The molecule has 23 heavy (non-hydrogen) atoms. The normalized spacial score (nSPS) is 22.2. The van der Waals surface area contributed by atoms with Crippen LogP contribution in [0, 0.1) is 0 Å². The predicted molar refractivity (Wildman–Crippen MR) is 95.9 cm³/mol. The zero-order chi connectivity index (χ0) is 16.4. The lowest BCUT2D eigenvalue weighted by molar-refractivity contribution is -0.654. The van der Waals surface area contributed by atoms with E-state index >= 15 is 0 Å². The van der Waals surface area contributed by atoms with Crippen molar-refractivity contribution in [3.05, 3.63) is 65.6 Å². The number of carbonyl (C=O) groups is 1. The summed E-state index contributed by atoms with van der Waals surface area (Å²) in [6.07, 6.45) is 0. The maximum atomic E-state index is 12.2. The summed E-state index contributed by atoms with van der Waals surface area (Å²) < 4.78 is 0.00580. The zero-order valence-electron chi connectivity index (χ0n) is 13.1. The molecule has 5 heteroatoms. The second kappa shape index (κ2) is 6.02. The van der Waals surface area contributed by atoms with Crippen molar-refractivity contribution in [3.8, 4) is 11.1 Å². The predicted octanol–water partition coefficient (Wildman–Crippen LogP) is 3.62. The molecule has 3 rings (SSSR count). The maximum absolute atomic E-state index is 12.2. The van der Waals surface area contributed by atoms with Gasteiger partial charge in [0, 0.05) is 11.0 Å². The summed E-state index contributed by atoms with van der Waals surface area (Å²) >= 11 is 1.40. The van der Waals surface area contributed by atoms with Crippen LogP contribution in [-0.4, -0.2) is 22.6 Å². The lowest BCUT2D eigenvalue weighted by atomic mass is 10.0. The molecule has 1 aliphatic heterocycles. The van der Waals surface area contributed by atoms with Crippen molar-refractivity contribution in [1.29, 1.82) is 0 Å². The van der Waals surface area contributed by atoms with Gasteiger partial charge in [0.05, 0.1) is 14.0 Å². The quantitative estimate of drug-likeness (QED) is 0.521. The number of nitrogens with two attached hydrogens (primary N) is 1. The molecule has 1 atom stereocenters. The first kappa shape index (κ1) is 15.5. The van der Waals surface area contributed by atoms with Crippen LogP contribution in [0.5, 0.6) is 0 Å². The Bertz CT molecular complexity index is 797. The lowest BCUT2D eigenvalue weighted by Crippen LogP contribution is -2.47. The van der Waals surface area contributed by atoms with Crippen molar-refractivity contribution in [2.24, 2.45) is 10.9 Å². The molecule has 0 aliphatic carbocycles. The van der Waals surface area contributed by atoms with Crippen LogP contribution in [0.4, 0.5) is 0 Å². The molecule has 1 amide bonds. The van der Waals surface area contributed by atoms with Gasteiger partial charge in [-0.3, -0.25) is 0 Å². The van der Waals surface area contributed by atoms with E-state index in [1.807, 2.05) is 42.8 Å². The van der Waals surface area contributed by atoms with Gasteiger partial charge in [-0.05, 0) is 35.0 Å². The summed E-state index contributed by atoms with van der Waals surface area (Å²) in [7, 11) is 1.82. The summed E-state index contributed by atoms with van der Waals surface area (Å²) in [4.78, 5) is 12.2. The highest BCUT2D eigenvalue weighted by Crippen LogP contribution is 2.39. The van der Waals surface area contributed by atoms with Gasteiger partial charge in [0.25, 0.3) is 5.17 Å². The number of rotatable bonds is 2. The van der Waals surface area contributed by atoms with Gasteiger partial charge in [-0.1, -0.05) is 42.5 Å². The van der Waals surface area contributed by atoms with E-state index in [0.29, 0.717) is 5.17 Å². The third-order valence-corrected chi connectivity index (χ3v) is 5.19. The number of hydrogen-bond donors (Lipinski definition) is 1. The first-order valence-corrected chi connectivity index (χ1v) is 8.14. The van der Waals surface area contributed by atoms with Crippen molar-refractivity contribution < 1.29 is 9.28 Å². The molecule has 0 aromatic heterocycles. The Morgan fingerprint density at radius 2 is 1.57 bits per heavy atom. The number of amides is 1. The lowest BCUT2D eigenvalue weighted by Gasteiger charge is -2.26. The van der Waals surface area contributed by atoms with E-state index in [1.54, 1.807) is 6.92 Å². The molecule has 1 heterocycles. The Morgan fingerprint density at radius 1 is 1.00 bits per heavy atom. The van der Waals surface area contributed by atoms with Crippen LogP contribution in [0.15, 0.2) is 65.1 Å². The molecule has 0 spiro atoms. The minimum atomic E-state index is -0.0161. The van der Waals surface area contributed by atoms with E-state index in [0.717, 1.165) is 16.8 Å². The van der Waals surface area contributed by atoms with Gasteiger partial charge in [0.1, 0.15) is 0 Å². The van der Waals surface area contributed by atoms with Crippen LogP contribution in [-0.2, 0) is 4.79 Å². The Hall–Kier alpha value is -2.37. The van der Waals surface area contributed by atoms with Gasteiger partial charge in [-0.2, -0.15) is 4.48 Å². The van der Waals surface area contributed by atoms with Gasteiger partial charge in [-0.25, -0.2) is 4.79 Å². The Kier molecular flexibility index (Phi) is 4.07. The van der Waals surface area contributed by atoms with E-state index in [1.165, 1.54) is 17.3 Å². The van der Waals surface area contributed by atoms with E-state index in [2.05, 4.69) is 29.4 Å². The Morgan fingerprint density at radius 3 is 2.13 bits per heavy atom. The molecule has 2 aromatic rings. The van der Waals surface area contributed by atoms with E-state index in [9.17, 15) is 4.79 Å².